The van der Waals surface area contributed by atoms with Gasteiger partial charge < -0.3 is 10.1 Å². The molecular weight excluding hydrogens is 362 g/mol. The third kappa shape index (κ3) is 3.98. The van der Waals surface area contributed by atoms with E-state index in [-0.39, 0.29) is 18.2 Å². The molecule has 6 nitrogen and oxygen atoms in total. The first-order chi connectivity index (χ1) is 11.1. The Morgan fingerprint density at radius 2 is 1.87 bits per heavy atom. The molecule has 0 unspecified atom stereocenters. The van der Waals surface area contributed by atoms with Gasteiger partial charge in [-0.1, -0.05) is 15.9 Å². The maximum absolute atomic E-state index is 12.5. The number of anilines is 1. The summed E-state index contributed by atoms with van der Waals surface area (Å²) in [6.07, 6.45) is 0.220. The van der Waals surface area contributed by atoms with Gasteiger partial charge in [0.1, 0.15) is 0 Å². The number of imide groups is 1. The molecule has 124 valence electrons. The Morgan fingerprint density at radius 1 is 1.17 bits per heavy atom. The van der Waals surface area contributed by atoms with Gasteiger partial charge in [0.05, 0.1) is 31.4 Å². The molecule has 0 saturated carbocycles. The molecular formula is C16H20BrN3O3. The molecule has 1 aromatic carbocycles. The third-order valence-corrected chi connectivity index (χ3v) is 4.68. The Morgan fingerprint density at radius 3 is 2.57 bits per heavy atom. The SMILES string of the molecule is O=C1C[C@@H](NCCN2CCOCC2)C(=O)N1c1ccc(Br)cc1. The lowest BCUT2D eigenvalue weighted by Crippen LogP contribution is -2.44. The standard InChI is InChI=1S/C16H20BrN3O3/c17-12-1-3-13(4-2-12)20-15(21)11-14(16(20)22)18-5-6-19-7-9-23-10-8-19/h1-4,14,18H,5-11H2/t14-/m1/s1. The van der Waals surface area contributed by atoms with Gasteiger partial charge in [0.2, 0.25) is 5.91 Å². The van der Waals surface area contributed by atoms with Crippen LogP contribution in [-0.4, -0.2) is 62.1 Å². The van der Waals surface area contributed by atoms with Gasteiger partial charge in [-0.25, -0.2) is 4.90 Å². The number of carbonyl (C=O) groups excluding carboxylic acids is 2. The Hall–Kier alpha value is -1.28. The van der Waals surface area contributed by atoms with Crippen LogP contribution < -0.4 is 10.2 Å². The number of hydrogen-bond acceptors (Lipinski definition) is 5. The summed E-state index contributed by atoms with van der Waals surface area (Å²) in [7, 11) is 0. The van der Waals surface area contributed by atoms with E-state index in [4.69, 9.17) is 4.74 Å². The van der Waals surface area contributed by atoms with Crippen LogP contribution in [-0.2, 0) is 14.3 Å². The van der Waals surface area contributed by atoms with Gasteiger partial charge in [0.25, 0.3) is 5.91 Å². The van der Waals surface area contributed by atoms with E-state index in [2.05, 4.69) is 26.1 Å². The van der Waals surface area contributed by atoms with Crippen LogP contribution in [0.1, 0.15) is 6.42 Å². The van der Waals surface area contributed by atoms with Crippen molar-refractivity contribution in [3.8, 4) is 0 Å². The van der Waals surface area contributed by atoms with Gasteiger partial charge in [-0.15, -0.1) is 0 Å². The quantitative estimate of drug-likeness (QED) is 0.771. The van der Waals surface area contributed by atoms with Gasteiger partial charge in [-0.05, 0) is 24.3 Å². The second kappa shape index (κ2) is 7.53. The molecule has 0 spiro atoms. The Bertz CT molecular complexity index is 572. The van der Waals surface area contributed by atoms with Crippen molar-refractivity contribution in [1.29, 1.82) is 0 Å². The van der Waals surface area contributed by atoms with E-state index in [9.17, 15) is 9.59 Å². The van der Waals surface area contributed by atoms with E-state index < -0.39 is 6.04 Å². The monoisotopic (exact) mass is 381 g/mol. The summed E-state index contributed by atoms with van der Waals surface area (Å²) in [5.41, 5.74) is 0.626. The highest BCUT2D eigenvalue weighted by Gasteiger charge is 2.39. The molecule has 2 aliphatic rings. The number of halogens is 1. The molecule has 0 bridgehead atoms. The molecule has 0 aliphatic carbocycles. The largest absolute Gasteiger partial charge is 0.379 e. The molecule has 2 saturated heterocycles. The van der Waals surface area contributed by atoms with Crippen LogP contribution >= 0.6 is 15.9 Å². The highest BCUT2D eigenvalue weighted by molar-refractivity contribution is 9.10. The van der Waals surface area contributed by atoms with Crippen molar-refractivity contribution in [2.75, 3.05) is 44.3 Å². The Labute approximate surface area is 143 Å². The van der Waals surface area contributed by atoms with Crippen molar-refractivity contribution >= 4 is 33.4 Å². The number of rotatable bonds is 5. The van der Waals surface area contributed by atoms with Gasteiger partial charge in [-0.2, -0.15) is 0 Å². The van der Waals surface area contributed by atoms with Crippen molar-refractivity contribution in [2.45, 2.75) is 12.5 Å². The predicted octanol–water partition coefficient (Wildman–Crippen LogP) is 1.00. The number of nitrogens with zero attached hydrogens (tertiary/aromatic N) is 2. The van der Waals surface area contributed by atoms with E-state index in [0.717, 1.165) is 37.3 Å². The molecule has 1 atom stereocenters. The van der Waals surface area contributed by atoms with Crippen LogP contribution in [0, 0.1) is 0 Å². The molecule has 2 heterocycles. The summed E-state index contributed by atoms with van der Waals surface area (Å²) >= 11 is 3.35. The number of morpholine rings is 1. The maximum Gasteiger partial charge on any atom is 0.251 e. The number of amides is 2. The highest BCUT2D eigenvalue weighted by Crippen LogP contribution is 2.24. The van der Waals surface area contributed by atoms with Crippen LogP contribution in [0.2, 0.25) is 0 Å². The second-order valence-electron chi connectivity index (χ2n) is 5.71. The molecule has 23 heavy (non-hydrogen) atoms. The van der Waals surface area contributed by atoms with Gasteiger partial charge in [-0.3, -0.25) is 14.5 Å². The molecule has 0 aromatic heterocycles. The lowest BCUT2D eigenvalue weighted by atomic mass is 10.2. The summed E-state index contributed by atoms with van der Waals surface area (Å²) in [5, 5.41) is 3.22. The van der Waals surface area contributed by atoms with Crippen molar-refractivity contribution in [1.82, 2.24) is 10.2 Å². The zero-order valence-corrected chi connectivity index (χ0v) is 14.4. The summed E-state index contributed by atoms with van der Waals surface area (Å²) in [5.74, 6) is -0.319. The van der Waals surface area contributed by atoms with Gasteiger partial charge in [0.15, 0.2) is 0 Å². The minimum Gasteiger partial charge on any atom is -0.379 e. The maximum atomic E-state index is 12.5. The average Bonchev–Trinajstić information content (AvgIpc) is 2.84. The Balaban J connectivity index is 1.54. The molecule has 2 aliphatic heterocycles. The fourth-order valence-corrected chi connectivity index (χ4v) is 3.14. The summed E-state index contributed by atoms with van der Waals surface area (Å²) < 4.78 is 6.23. The molecule has 3 rings (SSSR count). The van der Waals surface area contributed by atoms with E-state index in [1.165, 1.54) is 4.90 Å². The number of nitrogens with one attached hydrogen (secondary N) is 1. The molecule has 1 N–H and O–H groups in total. The summed E-state index contributed by atoms with van der Waals surface area (Å²) in [6.45, 7) is 4.92. The second-order valence-corrected chi connectivity index (χ2v) is 6.62. The normalized spacial score (nSPS) is 22.8. The van der Waals surface area contributed by atoms with E-state index in [0.29, 0.717) is 12.2 Å². The fourth-order valence-electron chi connectivity index (χ4n) is 2.87. The van der Waals surface area contributed by atoms with Crippen molar-refractivity contribution < 1.29 is 14.3 Å². The van der Waals surface area contributed by atoms with Gasteiger partial charge >= 0.3 is 0 Å². The molecule has 7 heteroatoms. The van der Waals surface area contributed by atoms with E-state index in [1.807, 2.05) is 12.1 Å². The lowest BCUT2D eigenvalue weighted by Gasteiger charge is -2.27. The zero-order valence-electron chi connectivity index (χ0n) is 12.8. The fraction of sp³-hybridized carbons (Fsp3) is 0.500. The smallest absolute Gasteiger partial charge is 0.251 e. The van der Waals surface area contributed by atoms with Crippen LogP contribution in [0.15, 0.2) is 28.7 Å². The van der Waals surface area contributed by atoms with Gasteiger partial charge in [0, 0.05) is 30.7 Å². The van der Waals surface area contributed by atoms with E-state index in [1.54, 1.807) is 12.1 Å². The molecule has 1 aromatic rings. The van der Waals surface area contributed by atoms with Crippen LogP contribution in [0.4, 0.5) is 5.69 Å². The Kier molecular flexibility index (Phi) is 5.42. The van der Waals surface area contributed by atoms with E-state index >= 15 is 0 Å². The zero-order chi connectivity index (χ0) is 16.2. The molecule has 0 radical (unpaired) electrons. The first-order valence-corrected chi connectivity index (χ1v) is 8.60. The summed E-state index contributed by atoms with van der Waals surface area (Å²) in [4.78, 5) is 28.2. The number of hydrogen-bond donors (Lipinski definition) is 1. The first-order valence-electron chi connectivity index (χ1n) is 7.81. The van der Waals surface area contributed by atoms with Crippen molar-refractivity contribution in [2.24, 2.45) is 0 Å². The minimum atomic E-state index is -0.424. The van der Waals surface area contributed by atoms with Crippen molar-refractivity contribution in [3.05, 3.63) is 28.7 Å². The predicted molar refractivity (Wildman–Crippen MR) is 90.3 cm³/mol. The number of ether oxygens (including phenoxy) is 1. The topological polar surface area (TPSA) is 61.9 Å². The lowest BCUT2D eigenvalue weighted by molar-refractivity contribution is -0.121. The van der Waals surface area contributed by atoms with Crippen LogP contribution in [0.5, 0.6) is 0 Å². The van der Waals surface area contributed by atoms with Crippen LogP contribution in [0.25, 0.3) is 0 Å². The van der Waals surface area contributed by atoms with Crippen LogP contribution in [0.3, 0.4) is 0 Å². The summed E-state index contributed by atoms with van der Waals surface area (Å²) in [6, 6.07) is 6.78. The van der Waals surface area contributed by atoms with Crippen molar-refractivity contribution in [3.63, 3.8) is 0 Å². The number of benzene rings is 1. The average molecular weight is 382 g/mol. The molecule has 2 fully saturated rings. The number of carbonyl (C=O) groups is 2. The first kappa shape index (κ1) is 16.6. The minimum absolute atomic E-state index is 0.152. The molecule has 2 amide bonds. The highest BCUT2D eigenvalue weighted by atomic mass is 79.9. The third-order valence-electron chi connectivity index (χ3n) is 4.15.